The molecule has 70 valence electrons. The van der Waals surface area contributed by atoms with Gasteiger partial charge in [0, 0.05) is 18.7 Å². The molecular formula is C8H10ClN3O. The van der Waals surface area contributed by atoms with Gasteiger partial charge in [0.25, 0.3) is 5.56 Å². The first-order chi connectivity index (χ1) is 6.18. The first-order valence-electron chi connectivity index (χ1n) is 4.21. The molecule has 2 heterocycles. The largest absolute Gasteiger partial charge is 0.355 e. The number of rotatable bonds is 0. The van der Waals surface area contributed by atoms with Crippen LogP contribution in [-0.4, -0.2) is 16.1 Å². The van der Waals surface area contributed by atoms with Gasteiger partial charge in [0.2, 0.25) is 5.95 Å². The predicted molar refractivity (Wildman–Crippen MR) is 51.3 cm³/mol. The van der Waals surface area contributed by atoms with Crippen molar-refractivity contribution in [3.8, 4) is 0 Å². The van der Waals surface area contributed by atoms with E-state index < -0.39 is 0 Å². The molecule has 0 amide bonds. The molecule has 5 heteroatoms. The van der Waals surface area contributed by atoms with E-state index in [1.165, 1.54) is 6.07 Å². The SMILES string of the molecule is CC1CCNc2nc(Cl)cc(=O)n21. The normalized spacial score (nSPS) is 20.6. The molecule has 0 aliphatic carbocycles. The average Bonchev–Trinajstić information content (AvgIpc) is 2.02. The molecule has 0 saturated heterocycles. The van der Waals surface area contributed by atoms with E-state index in [0.29, 0.717) is 5.95 Å². The van der Waals surface area contributed by atoms with Gasteiger partial charge in [-0.15, -0.1) is 0 Å². The minimum absolute atomic E-state index is 0.0882. The Balaban J connectivity index is 2.63. The highest BCUT2D eigenvalue weighted by molar-refractivity contribution is 6.29. The summed E-state index contributed by atoms with van der Waals surface area (Å²) in [5.41, 5.74) is -0.0882. The van der Waals surface area contributed by atoms with Gasteiger partial charge >= 0.3 is 0 Å². The zero-order chi connectivity index (χ0) is 9.42. The molecule has 1 aliphatic heterocycles. The van der Waals surface area contributed by atoms with Gasteiger partial charge in [0.05, 0.1) is 0 Å². The first kappa shape index (κ1) is 8.56. The van der Waals surface area contributed by atoms with Crippen LogP contribution in [0.3, 0.4) is 0 Å². The summed E-state index contributed by atoms with van der Waals surface area (Å²) in [5.74, 6) is 0.580. The van der Waals surface area contributed by atoms with Gasteiger partial charge in [-0.1, -0.05) is 11.6 Å². The Morgan fingerprint density at radius 2 is 2.54 bits per heavy atom. The fourth-order valence-corrected chi connectivity index (χ4v) is 1.71. The molecule has 0 spiro atoms. The Labute approximate surface area is 80.5 Å². The van der Waals surface area contributed by atoms with Crippen molar-refractivity contribution in [3.63, 3.8) is 0 Å². The number of halogens is 1. The molecule has 1 atom stereocenters. The summed E-state index contributed by atoms with van der Waals surface area (Å²) in [6.07, 6.45) is 0.941. The van der Waals surface area contributed by atoms with Crippen LogP contribution in [0.1, 0.15) is 19.4 Å². The Morgan fingerprint density at radius 1 is 1.77 bits per heavy atom. The quantitative estimate of drug-likeness (QED) is 0.641. The molecule has 4 nitrogen and oxygen atoms in total. The highest BCUT2D eigenvalue weighted by Crippen LogP contribution is 2.19. The monoisotopic (exact) mass is 199 g/mol. The minimum Gasteiger partial charge on any atom is -0.355 e. The fraction of sp³-hybridized carbons (Fsp3) is 0.500. The molecule has 1 N–H and O–H groups in total. The summed E-state index contributed by atoms with van der Waals surface area (Å²) in [7, 11) is 0. The number of aromatic nitrogens is 2. The second-order valence-corrected chi connectivity index (χ2v) is 3.56. The summed E-state index contributed by atoms with van der Waals surface area (Å²) in [4.78, 5) is 15.5. The molecule has 0 aromatic carbocycles. The maximum Gasteiger partial charge on any atom is 0.256 e. The van der Waals surface area contributed by atoms with Crippen LogP contribution in [0, 0.1) is 0 Å². The summed E-state index contributed by atoms with van der Waals surface area (Å²) in [5, 5.41) is 3.29. The molecule has 13 heavy (non-hydrogen) atoms. The average molecular weight is 200 g/mol. The van der Waals surface area contributed by atoms with Gasteiger partial charge in [-0.2, -0.15) is 0 Å². The second kappa shape index (κ2) is 3.03. The molecule has 1 aromatic heterocycles. The maximum absolute atomic E-state index is 11.5. The van der Waals surface area contributed by atoms with Crippen molar-refractivity contribution in [2.24, 2.45) is 0 Å². The summed E-state index contributed by atoms with van der Waals surface area (Å²) < 4.78 is 1.63. The zero-order valence-electron chi connectivity index (χ0n) is 7.25. The van der Waals surface area contributed by atoms with Crippen LogP contribution >= 0.6 is 11.6 Å². The minimum atomic E-state index is -0.0882. The third-order valence-corrected chi connectivity index (χ3v) is 2.40. The maximum atomic E-state index is 11.5. The van der Waals surface area contributed by atoms with E-state index in [2.05, 4.69) is 10.3 Å². The van der Waals surface area contributed by atoms with Crippen molar-refractivity contribution in [1.82, 2.24) is 9.55 Å². The first-order valence-corrected chi connectivity index (χ1v) is 4.59. The molecular weight excluding hydrogens is 190 g/mol. The van der Waals surface area contributed by atoms with Crippen molar-refractivity contribution >= 4 is 17.5 Å². The lowest BCUT2D eigenvalue weighted by atomic mass is 10.2. The van der Waals surface area contributed by atoms with Gasteiger partial charge in [-0.25, -0.2) is 4.98 Å². The van der Waals surface area contributed by atoms with Crippen molar-refractivity contribution in [2.75, 3.05) is 11.9 Å². The van der Waals surface area contributed by atoms with Crippen molar-refractivity contribution in [1.29, 1.82) is 0 Å². The van der Waals surface area contributed by atoms with Crippen LogP contribution in [-0.2, 0) is 0 Å². The number of hydrogen-bond acceptors (Lipinski definition) is 3. The van der Waals surface area contributed by atoms with E-state index in [0.717, 1.165) is 13.0 Å². The zero-order valence-corrected chi connectivity index (χ0v) is 8.01. The van der Waals surface area contributed by atoms with E-state index in [1.54, 1.807) is 4.57 Å². The fourth-order valence-electron chi connectivity index (χ4n) is 1.54. The Hall–Kier alpha value is -1.03. The lowest BCUT2D eigenvalue weighted by Gasteiger charge is -2.24. The number of fused-ring (bicyclic) bond motifs is 1. The predicted octanol–water partition coefficient (Wildman–Crippen LogP) is 1.27. The lowest BCUT2D eigenvalue weighted by molar-refractivity contribution is 0.477. The van der Waals surface area contributed by atoms with E-state index in [1.807, 2.05) is 6.92 Å². The van der Waals surface area contributed by atoms with Crippen LogP contribution in [0.25, 0.3) is 0 Å². The van der Waals surface area contributed by atoms with Crippen LogP contribution in [0.2, 0.25) is 5.15 Å². The number of anilines is 1. The Bertz CT molecular complexity index is 387. The van der Waals surface area contributed by atoms with Crippen LogP contribution < -0.4 is 10.9 Å². The Morgan fingerprint density at radius 3 is 3.31 bits per heavy atom. The van der Waals surface area contributed by atoms with E-state index in [-0.39, 0.29) is 16.8 Å². The highest BCUT2D eigenvalue weighted by Gasteiger charge is 2.17. The Kier molecular flexibility index (Phi) is 2.00. The molecule has 0 radical (unpaired) electrons. The number of nitrogens with zero attached hydrogens (tertiary/aromatic N) is 2. The van der Waals surface area contributed by atoms with Gasteiger partial charge in [-0.3, -0.25) is 9.36 Å². The molecule has 1 aliphatic rings. The van der Waals surface area contributed by atoms with Crippen LogP contribution in [0.15, 0.2) is 10.9 Å². The standard InChI is InChI=1S/C8H10ClN3O/c1-5-2-3-10-8-11-6(9)4-7(13)12(5)8/h4-5H,2-3H2,1H3,(H,10,11). The van der Waals surface area contributed by atoms with Gasteiger partial charge in [-0.05, 0) is 13.3 Å². The number of nitrogens with one attached hydrogen (secondary N) is 1. The molecule has 0 bridgehead atoms. The van der Waals surface area contributed by atoms with E-state index >= 15 is 0 Å². The molecule has 2 rings (SSSR count). The number of hydrogen-bond donors (Lipinski definition) is 1. The van der Waals surface area contributed by atoms with Crippen molar-refractivity contribution in [2.45, 2.75) is 19.4 Å². The second-order valence-electron chi connectivity index (χ2n) is 3.18. The topological polar surface area (TPSA) is 46.9 Å². The van der Waals surface area contributed by atoms with Crippen LogP contribution in [0.5, 0.6) is 0 Å². The van der Waals surface area contributed by atoms with Gasteiger partial charge in [0.1, 0.15) is 5.15 Å². The summed E-state index contributed by atoms with van der Waals surface area (Å²) >= 11 is 5.67. The third kappa shape index (κ3) is 1.42. The van der Waals surface area contributed by atoms with Crippen molar-refractivity contribution in [3.05, 3.63) is 21.6 Å². The molecule has 0 fully saturated rings. The van der Waals surface area contributed by atoms with Crippen molar-refractivity contribution < 1.29 is 0 Å². The smallest absolute Gasteiger partial charge is 0.256 e. The summed E-state index contributed by atoms with van der Waals surface area (Å²) in [6.45, 7) is 2.84. The summed E-state index contributed by atoms with van der Waals surface area (Å²) in [6, 6.07) is 1.54. The molecule has 1 unspecified atom stereocenters. The van der Waals surface area contributed by atoms with E-state index in [9.17, 15) is 4.79 Å². The molecule has 1 aromatic rings. The molecule has 0 saturated carbocycles. The third-order valence-electron chi connectivity index (χ3n) is 2.21. The van der Waals surface area contributed by atoms with Gasteiger partial charge in [0.15, 0.2) is 0 Å². The highest BCUT2D eigenvalue weighted by atomic mass is 35.5. The van der Waals surface area contributed by atoms with Crippen LogP contribution in [0.4, 0.5) is 5.95 Å². The van der Waals surface area contributed by atoms with E-state index in [4.69, 9.17) is 11.6 Å². The lowest BCUT2D eigenvalue weighted by Crippen LogP contribution is -2.32. The van der Waals surface area contributed by atoms with Gasteiger partial charge < -0.3 is 5.32 Å².